The Hall–Kier alpha value is -0.910. The van der Waals surface area contributed by atoms with E-state index in [4.69, 9.17) is 5.73 Å². The molecule has 1 aromatic heterocycles. The van der Waals surface area contributed by atoms with Gasteiger partial charge in [0.15, 0.2) is 0 Å². The van der Waals surface area contributed by atoms with Gasteiger partial charge in [-0.3, -0.25) is 9.58 Å². The van der Waals surface area contributed by atoms with Gasteiger partial charge in [-0.2, -0.15) is 5.10 Å². The highest BCUT2D eigenvalue weighted by molar-refractivity contribution is 5.09. The zero-order chi connectivity index (χ0) is 13.8. The lowest BCUT2D eigenvalue weighted by Crippen LogP contribution is -2.40. The van der Waals surface area contributed by atoms with Gasteiger partial charge in [-0.25, -0.2) is 0 Å². The maximum absolute atomic E-state index is 6.24. The van der Waals surface area contributed by atoms with Crippen molar-refractivity contribution >= 4 is 0 Å². The van der Waals surface area contributed by atoms with Crippen LogP contribution in [0.1, 0.15) is 31.4 Å². The van der Waals surface area contributed by atoms with E-state index in [1.807, 2.05) is 24.1 Å². The van der Waals surface area contributed by atoms with Gasteiger partial charge in [0, 0.05) is 44.0 Å². The van der Waals surface area contributed by atoms with Crippen molar-refractivity contribution in [3.05, 3.63) is 18.0 Å². The molecule has 0 bridgehead atoms. The van der Waals surface area contributed by atoms with Crippen LogP contribution in [0, 0.1) is 0 Å². The number of hydrogen-bond donors (Lipinski definition) is 1. The molecular weight excluding hydrogens is 238 g/mol. The summed E-state index contributed by atoms with van der Waals surface area (Å²) in [6, 6.07) is 0.756. The highest BCUT2D eigenvalue weighted by Crippen LogP contribution is 2.18. The molecule has 1 aliphatic heterocycles. The van der Waals surface area contributed by atoms with Gasteiger partial charge < -0.3 is 10.6 Å². The van der Waals surface area contributed by atoms with E-state index in [-0.39, 0.29) is 6.04 Å². The summed E-state index contributed by atoms with van der Waals surface area (Å²) in [6.07, 6.45) is 6.53. The first kappa shape index (κ1) is 14.5. The largest absolute Gasteiger partial charge is 0.323 e. The zero-order valence-corrected chi connectivity index (χ0v) is 12.4. The Morgan fingerprint density at radius 3 is 3.00 bits per heavy atom. The molecular formula is C14H27N5. The van der Waals surface area contributed by atoms with E-state index in [0.29, 0.717) is 6.04 Å². The fourth-order valence-corrected chi connectivity index (χ4v) is 3.03. The van der Waals surface area contributed by atoms with Crippen LogP contribution in [-0.2, 0) is 7.05 Å². The second-order valence-electron chi connectivity index (χ2n) is 5.70. The Morgan fingerprint density at radius 1 is 1.58 bits per heavy atom. The molecule has 5 nitrogen and oxygen atoms in total. The molecule has 2 unspecified atom stereocenters. The molecule has 5 heteroatoms. The summed E-state index contributed by atoms with van der Waals surface area (Å²) in [5.41, 5.74) is 7.36. The zero-order valence-electron chi connectivity index (χ0n) is 12.4. The third-order valence-corrected chi connectivity index (χ3v) is 4.09. The minimum Gasteiger partial charge on any atom is -0.323 e. The van der Waals surface area contributed by atoms with Crippen LogP contribution < -0.4 is 5.73 Å². The van der Waals surface area contributed by atoms with Crippen LogP contribution in [0.2, 0.25) is 0 Å². The van der Waals surface area contributed by atoms with Crippen molar-refractivity contribution in [1.82, 2.24) is 19.6 Å². The molecule has 0 amide bonds. The molecule has 0 saturated carbocycles. The van der Waals surface area contributed by atoms with Gasteiger partial charge in [-0.05, 0) is 33.0 Å². The van der Waals surface area contributed by atoms with Crippen molar-refractivity contribution in [3.8, 4) is 0 Å². The van der Waals surface area contributed by atoms with Gasteiger partial charge in [0.2, 0.25) is 0 Å². The van der Waals surface area contributed by atoms with Crippen LogP contribution in [0.25, 0.3) is 0 Å². The molecule has 2 N–H and O–H groups in total. The number of rotatable bonds is 6. The highest BCUT2D eigenvalue weighted by atomic mass is 15.2. The molecule has 1 fully saturated rings. The van der Waals surface area contributed by atoms with Gasteiger partial charge in [-0.15, -0.1) is 0 Å². The topological polar surface area (TPSA) is 50.3 Å². The summed E-state index contributed by atoms with van der Waals surface area (Å²) in [5, 5.41) is 4.18. The van der Waals surface area contributed by atoms with E-state index >= 15 is 0 Å². The molecule has 1 aliphatic rings. The standard InChI is InChI=1S/C14H27N5/c1-4-19-7-5-6-13(19)10-17(2)11-14(15)12-8-16-18(3)9-12/h8-9,13-14H,4-7,10-11,15H2,1-3H3. The number of likely N-dealkylation sites (N-methyl/N-ethyl adjacent to an activating group) is 2. The predicted molar refractivity (Wildman–Crippen MR) is 77.9 cm³/mol. The second kappa shape index (κ2) is 6.50. The van der Waals surface area contributed by atoms with Gasteiger partial charge in [0.25, 0.3) is 0 Å². The number of hydrogen-bond acceptors (Lipinski definition) is 4. The SMILES string of the molecule is CCN1CCCC1CN(C)CC(N)c1cnn(C)c1. The third kappa shape index (κ3) is 3.78. The predicted octanol–water partition coefficient (Wildman–Crippen LogP) is 0.836. The minimum atomic E-state index is 0.0511. The summed E-state index contributed by atoms with van der Waals surface area (Å²) in [4.78, 5) is 4.93. The van der Waals surface area contributed by atoms with Crippen molar-refractivity contribution in [2.75, 3.05) is 33.2 Å². The summed E-state index contributed by atoms with van der Waals surface area (Å²) < 4.78 is 1.81. The Balaban J connectivity index is 1.82. The summed E-state index contributed by atoms with van der Waals surface area (Å²) in [6.45, 7) is 6.66. The van der Waals surface area contributed by atoms with Crippen LogP contribution in [0.3, 0.4) is 0 Å². The average Bonchev–Trinajstić information content (AvgIpc) is 2.97. The first-order valence-corrected chi connectivity index (χ1v) is 7.27. The van der Waals surface area contributed by atoms with E-state index in [1.165, 1.54) is 19.4 Å². The normalized spacial score (nSPS) is 22.3. The highest BCUT2D eigenvalue weighted by Gasteiger charge is 2.24. The molecule has 2 atom stereocenters. The van der Waals surface area contributed by atoms with Crippen molar-refractivity contribution in [2.24, 2.45) is 12.8 Å². The lowest BCUT2D eigenvalue weighted by molar-refractivity contribution is 0.193. The average molecular weight is 265 g/mol. The van der Waals surface area contributed by atoms with Crippen LogP contribution in [0.5, 0.6) is 0 Å². The molecule has 19 heavy (non-hydrogen) atoms. The van der Waals surface area contributed by atoms with Gasteiger partial charge in [0.05, 0.1) is 6.20 Å². The van der Waals surface area contributed by atoms with Crippen molar-refractivity contribution in [2.45, 2.75) is 31.8 Å². The number of likely N-dealkylation sites (tertiary alicyclic amines) is 1. The monoisotopic (exact) mass is 265 g/mol. The van der Waals surface area contributed by atoms with Gasteiger partial charge >= 0.3 is 0 Å². The van der Waals surface area contributed by atoms with E-state index < -0.39 is 0 Å². The lowest BCUT2D eigenvalue weighted by Gasteiger charge is -2.29. The molecule has 108 valence electrons. The summed E-state index contributed by atoms with van der Waals surface area (Å²) >= 11 is 0. The maximum atomic E-state index is 6.24. The second-order valence-corrected chi connectivity index (χ2v) is 5.70. The molecule has 0 radical (unpaired) electrons. The van der Waals surface area contributed by atoms with Gasteiger partial charge in [-0.1, -0.05) is 6.92 Å². The summed E-state index contributed by atoms with van der Waals surface area (Å²) in [7, 11) is 4.10. The first-order chi connectivity index (χ1) is 9.10. The molecule has 1 saturated heterocycles. The Morgan fingerprint density at radius 2 is 2.37 bits per heavy atom. The molecule has 0 aliphatic carbocycles. The molecule has 2 rings (SSSR count). The number of nitrogens with two attached hydrogens (primary N) is 1. The first-order valence-electron chi connectivity index (χ1n) is 7.27. The fraction of sp³-hybridized carbons (Fsp3) is 0.786. The third-order valence-electron chi connectivity index (χ3n) is 4.09. The van der Waals surface area contributed by atoms with Crippen LogP contribution in [0.4, 0.5) is 0 Å². The molecule has 2 heterocycles. The quantitative estimate of drug-likeness (QED) is 0.828. The van der Waals surface area contributed by atoms with Crippen molar-refractivity contribution < 1.29 is 0 Å². The maximum Gasteiger partial charge on any atom is 0.0537 e. The Labute approximate surface area is 116 Å². The van der Waals surface area contributed by atoms with E-state index in [2.05, 4.69) is 28.9 Å². The minimum absolute atomic E-state index is 0.0511. The molecule has 0 aromatic carbocycles. The van der Waals surface area contributed by atoms with E-state index in [0.717, 1.165) is 25.2 Å². The van der Waals surface area contributed by atoms with E-state index in [9.17, 15) is 0 Å². The Kier molecular flexibility index (Phi) is 4.96. The van der Waals surface area contributed by atoms with Crippen LogP contribution in [-0.4, -0.2) is 58.8 Å². The Bertz CT molecular complexity index is 389. The van der Waals surface area contributed by atoms with Crippen LogP contribution >= 0.6 is 0 Å². The lowest BCUT2D eigenvalue weighted by atomic mass is 10.1. The number of aryl methyl sites for hydroxylation is 1. The van der Waals surface area contributed by atoms with Crippen LogP contribution in [0.15, 0.2) is 12.4 Å². The van der Waals surface area contributed by atoms with E-state index in [1.54, 1.807) is 0 Å². The molecule has 1 aromatic rings. The van der Waals surface area contributed by atoms with Gasteiger partial charge in [0.1, 0.15) is 0 Å². The molecule has 0 spiro atoms. The van der Waals surface area contributed by atoms with Crippen molar-refractivity contribution in [3.63, 3.8) is 0 Å². The van der Waals surface area contributed by atoms with Crippen molar-refractivity contribution in [1.29, 1.82) is 0 Å². The smallest absolute Gasteiger partial charge is 0.0537 e. The summed E-state index contributed by atoms with van der Waals surface area (Å²) in [5.74, 6) is 0. The number of nitrogens with zero attached hydrogens (tertiary/aromatic N) is 4. The number of aromatic nitrogens is 2. The fourth-order valence-electron chi connectivity index (χ4n) is 3.03.